The van der Waals surface area contributed by atoms with Crippen LogP contribution in [0.15, 0.2) is 17.2 Å². The Labute approximate surface area is 59.9 Å². The summed E-state index contributed by atoms with van der Waals surface area (Å²) in [5, 5.41) is 0. The highest BCUT2D eigenvalue weighted by Crippen LogP contribution is 2.19. The number of thioether (sulfide) groups is 1. The fourth-order valence-corrected chi connectivity index (χ4v) is 1.50. The van der Waals surface area contributed by atoms with Crippen molar-refractivity contribution in [3.05, 3.63) is 18.0 Å². The molecule has 0 bridgehead atoms. The van der Waals surface area contributed by atoms with Crippen molar-refractivity contribution in [3.8, 4) is 0 Å². The first-order chi connectivity index (χ1) is 4.34. The molecule has 50 valence electrons. The van der Waals surface area contributed by atoms with Gasteiger partial charge in [0.25, 0.3) is 0 Å². The quantitative estimate of drug-likeness (QED) is 0.625. The summed E-state index contributed by atoms with van der Waals surface area (Å²) < 4.78 is 0. The summed E-state index contributed by atoms with van der Waals surface area (Å²) in [4.78, 5) is 4.51. The van der Waals surface area contributed by atoms with E-state index < -0.39 is 0 Å². The molecule has 0 unspecified atom stereocenters. The average Bonchev–Trinajstić information content (AvgIpc) is 2.18. The van der Waals surface area contributed by atoms with Gasteiger partial charge < -0.3 is 4.98 Å². The maximum Gasteiger partial charge on any atom is 0.0276 e. The zero-order chi connectivity index (χ0) is 6.69. The van der Waals surface area contributed by atoms with Crippen molar-refractivity contribution in [1.29, 1.82) is 0 Å². The molecule has 0 saturated heterocycles. The maximum atomic E-state index is 3.13. The van der Waals surface area contributed by atoms with Crippen LogP contribution in [0.3, 0.4) is 0 Å². The van der Waals surface area contributed by atoms with Crippen LogP contribution in [-0.2, 0) is 0 Å². The molecule has 0 radical (unpaired) electrons. The van der Waals surface area contributed by atoms with E-state index in [-0.39, 0.29) is 0 Å². The molecular weight excluding hydrogens is 130 g/mol. The summed E-state index contributed by atoms with van der Waals surface area (Å²) >= 11 is 1.88. The van der Waals surface area contributed by atoms with E-state index in [0.29, 0.717) is 0 Å². The number of hydrogen-bond donors (Lipinski definition) is 1. The van der Waals surface area contributed by atoms with Crippen LogP contribution >= 0.6 is 11.8 Å². The first-order valence-corrected chi connectivity index (χ1v) is 4.10. The van der Waals surface area contributed by atoms with E-state index in [2.05, 4.69) is 24.9 Å². The lowest BCUT2D eigenvalue weighted by Gasteiger charge is -1.92. The van der Waals surface area contributed by atoms with E-state index in [1.54, 1.807) is 0 Å². The molecule has 1 aromatic heterocycles. The van der Waals surface area contributed by atoms with E-state index in [1.807, 2.05) is 18.0 Å². The van der Waals surface area contributed by atoms with Gasteiger partial charge in [0.05, 0.1) is 0 Å². The van der Waals surface area contributed by atoms with Gasteiger partial charge in [-0.25, -0.2) is 0 Å². The van der Waals surface area contributed by atoms with Crippen LogP contribution in [0.1, 0.15) is 12.6 Å². The minimum absolute atomic E-state index is 1.15. The first kappa shape index (κ1) is 6.75. The normalized spacial score (nSPS) is 10.0. The van der Waals surface area contributed by atoms with E-state index in [1.165, 1.54) is 10.6 Å². The molecule has 0 aliphatic carbocycles. The fraction of sp³-hybridized carbons (Fsp3) is 0.429. The van der Waals surface area contributed by atoms with Crippen LogP contribution in [0.5, 0.6) is 0 Å². The van der Waals surface area contributed by atoms with Crippen molar-refractivity contribution in [1.82, 2.24) is 4.98 Å². The molecule has 9 heavy (non-hydrogen) atoms. The molecule has 1 N–H and O–H groups in total. The molecule has 1 heterocycles. The first-order valence-electron chi connectivity index (χ1n) is 3.11. The third-order valence-electron chi connectivity index (χ3n) is 1.20. The predicted octanol–water partition coefficient (Wildman–Crippen LogP) is 2.44. The summed E-state index contributed by atoms with van der Waals surface area (Å²) in [6, 6.07) is 2.11. The number of H-pyrrole nitrogens is 1. The van der Waals surface area contributed by atoms with Gasteiger partial charge in [-0.05, 0) is 18.7 Å². The fourth-order valence-electron chi connectivity index (χ4n) is 0.750. The summed E-state index contributed by atoms with van der Waals surface area (Å²) in [6.07, 6.45) is 1.98. The minimum atomic E-state index is 1.15. The van der Waals surface area contributed by atoms with Crippen molar-refractivity contribution in [2.45, 2.75) is 18.7 Å². The van der Waals surface area contributed by atoms with Crippen LogP contribution < -0.4 is 0 Å². The smallest absolute Gasteiger partial charge is 0.0276 e. The summed E-state index contributed by atoms with van der Waals surface area (Å²) in [6.45, 7) is 4.26. The summed E-state index contributed by atoms with van der Waals surface area (Å²) in [7, 11) is 0. The second kappa shape index (κ2) is 2.97. The van der Waals surface area contributed by atoms with Crippen LogP contribution in [-0.4, -0.2) is 10.7 Å². The zero-order valence-corrected chi connectivity index (χ0v) is 6.59. The molecular formula is C7H11NS. The second-order valence-electron chi connectivity index (χ2n) is 1.90. The molecule has 0 aliphatic heterocycles. The van der Waals surface area contributed by atoms with Crippen LogP contribution in [0.4, 0.5) is 0 Å². The third-order valence-corrected chi connectivity index (χ3v) is 2.25. The number of nitrogens with one attached hydrogen (secondary N) is 1. The van der Waals surface area contributed by atoms with Gasteiger partial charge in [0.1, 0.15) is 0 Å². The van der Waals surface area contributed by atoms with Crippen molar-refractivity contribution in [2.75, 3.05) is 5.75 Å². The Hall–Kier alpha value is -0.370. The van der Waals surface area contributed by atoms with Crippen molar-refractivity contribution in [3.63, 3.8) is 0 Å². The maximum absolute atomic E-state index is 3.13. The van der Waals surface area contributed by atoms with E-state index in [0.717, 1.165) is 5.75 Å². The van der Waals surface area contributed by atoms with Crippen LogP contribution in [0, 0.1) is 6.92 Å². The van der Waals surface area contributed by atoms with Gasteiger partial charge in [-0.2, -0.15) is 0 Å². The SMILES string of the molecule is CCSc1cc[nH]c1C. The largest absolute Gasteiger partial charge is 0.364 e. The highest BCUT2D eigenvalue weighted by molar-refractivity contribution is 7.99. The standard InChI is InChI=1S/C7H11NS/c1-3-9-7-4-5-8-6(7)2/h4-5,8H,3H2,1-2H3. The van der Waals surface area contributed by atoms with Gasteiger partial charge in [-0.15, -0.1) is 11.8 Å². The molecule has 1 aromatic rings. The Balaban J connectivity index is 2.69. The third kappa shape index (κ3) is 1.52. The number of hydrogen-bond acceptors (Lipinski definition) is 1. The molecule has 1 rings (SSSR count). The molecule has 0 atom stereocenters. The topological polar surface area (TPSA) is 15.8 Å². The predicted molar refractivity (Wildman–Crippen MR) is 41.9 cm³/mol. The highest BCUT2D eigenvalue weighted by Gasteiger charge is 1.94. The molecule has 1 nitrogen and oxygen atoms in total. The van der Waals surface area contributed by atoms with Crippen LogP contribution in [0.25, 0.3) is 0 Å². The van der Waals surface area contributed by atoms with Gasteiger partial charge in [0, 0.05) is 16.8 Å². The molecule has 0 fully saturated rings. The molecule has 2 heteroatoms. The Morgan fingerprint density at radius 1 is 1.67 bits per heavy atom. The van der Waals surface area contributed by atoms with Crippen LogP contribution in [0.2, 0.25) is 0 Å². The minimum Gasteiger partial charge on any atom is -0.364 e. The van der Waals surface area contributed by atoms with Gasteiger partial charge in [0.2, 0.25) is 0 Å². The van der Waals surface area contributed by atoms with E-state index >= 15 is 0 Å². The lowest BCUT2D eigenvalue weighted by atomic mass is 10.5. The van der Waals surface area contributed by atoms with Crippen molar-refractivity contribution >= 4 is 11.8 Å². The van der Waals surface area contributed by atoms with Crippen molar-refractivity contribution in [2.24, 2.45) is 0 Å². The van der Waals surface area contributed by atoms with Gasteiger partial charge in [-0.1, -0.05) is 6.92 Å². The average molecular weight is 141 g/mol. The Morgan fingerprint density at radius 3 is 2.89 bits per heavy atom. The van der Waals surface area contributed by atoms with E-state index in [9.17, 15) is 0 Å². The van der Waals surface area contributed by atoms with Gasteiger partial charge >= 0.3 is 0 Å². The Bertz CT molecular complexity index is 181. The molecule has 0 aromatic carbocycles. The molecule has 0 saturated carbocycles. The van der Waals surface area contributed by atoms with Crippen molar-refractivity contribution < 1.29 is 0 Å². The van der Waals surface area contributed by atoms with Gasteiger partial charge in [-0.3, -0.25) is 0 Å². The van der Waals surface area contributed by atoms with Gasteiger partial charge in [0.15, 0.2) is 0 Å². The number of aryl methyl sites for hydroxylation is 1. The Kier molecular flexibility index (Phi) is 2.22. The lowest BCUT2D eigenvalue weighted by Crippen LogP contribution is -1.72. The number of aromatic nitrogens is 1. The summed E-state index contributed by atoms with van der Waals surface area (Å²) in [5.41, 5.74) is 1.28. The Morgan fingerprint density at radius 2 is 2.44 bits per heavy atom. The molecule has 0 aliphatic rings. The summed E-state index contributed by atoms with van der Waals surface area (Å²) in [5.74, 6) is 1.15. The second-order valence-corrected chi connectivity index (χ2v) is 3.21. The monoisotopic (exact) mass is 141 g/mol. The highest BCUT2D eigenvalue weighted by atomic mass is 32.2. The molecule has 0 spiro atoms. The number of rotatable bonds is 2. The van der Waals surface area contributed by atoms with E-state index in [4.69, 9.17) is 0 Å². The molecule has 0 amide bonds. The number of aromatic amines is 1. The zero-order valence-electron chi connectivity index (χ0n) is 5.77. The lowest BCUT2D eigenvalue weighted by molar-refractivity contribution is 1.20.